The normalized spacial score (nSPS) is 14.9. The number of hydrogen-bond donors (Lipinski definition) is 0. The summed E-state index contributed by atoms with van der Waals surface area (Å²) in [6.07, 6.45) is 0. The first-order valence-corrected chi connectivity index (χ1v) is 11.0. The highest BCUT2D eigenvalue weighted by Gasteiger charge is 2.21. The van der Waals surface area contributed by atoms with Crippen LogP contribution in [0.4, 0.5) is 0 Å². The van der Waals surface area contributed by atoms with E-state index in [0.717, 1.165) is 72.3 Å². The molecular weight excluding hydrogens is 464 g/mol. The molecule has 170 valence electrons. The smallest absolute Gasteiger partial charge is 0.164 e. The van der Waals surface area contributed by atoms with Gasteiger partial charge >= 0.3 is 0 Å². The van der Waals surface area contributed by atoms with Crippen molar-refractivity contribution < 1.29 is 23.7 Å². The van der Waals surface area contributed by atoms with Crippen molar-refractivity contribution in [3.8, 4) is 28.7 Å². The van der Waals surface area contributed by atoms with Crippen LogP contribution in [-0.2, 0) is 13.1 Å². The number of nitrogens with zero attached hydrogens (tertiary/aromatic N) is 2. The summed E-state index contributed by atoms with van der Waals surface area (Å²) in [7, 11) is 8.28. The fourth-order valence-corrected chi connectivity index (χ4v) is 4.27. The minimum Gasteiger partial charge on any atom is -0.496 e. The highest BCUT2D eigenvalue weighted by molar-refractivity contribution is 9.10. The summed E-state index contributed by atoms with van der Waals surface area (Å²) >= 11 is 3.67. The third-order valence-corrected chi connectivity index (χ3v) is 6.33. The Morgan fingerprint density at radius 3 is 1.45 bits per heavy atom. The van der Waals surface area contributed by atoms with Gasteiger partial charge in [-0.2, -0.15) is 0 Å². The maximum absolute atomic E-state index is 5.58. The van der Waals surface area contributed by atoms with E-state index in [9.17, 15) is 0 Å². The van der Waals surface area contributed by atoms with Crippen LogP contribution in [0.3, 0.4) is 0 Å². The monoisotopic (exact) mass is 494 g/mol. The van der Waals surface area contributed by atoms with Crippen LogP contribution < -0.4 is 23.7 Å². The lowest BCUT2D eigenvalue weighted by Crippen LogP contribution is -2.45. The van der Waals surface area contributed by atoms with E-state index in [1.165, 1.54) is 5.56 Å². The summed E-state index contributed by atoms with van der Waals surface area (Å²) in [6.45, 7) is 5.57. The Bertz CT molecular complexity index is 885. The zero-order valence-corrected chi connectivity index (χ0v) is 20.5. The van der Waals surface area contributed by atoms with Crippen molar-refractivity contribution in [3.05, 3.63) is 39.9 Å². The lowest BCUT2D eigenvalue weighted by molar-refractivity contribution is 0.121. The zero-order chi connectivity index (χ0) is 22.4. The van der Waals surface area contributed by atoms with E-state index < -0.39 is 0 Å². The van der Waals surface area contributed by atoms with Gasteiger partial charge in [-0.1, -0.05) is 15.9 Å². The summed E-state index contributed by atoms with van der Waals surface area (Å²) in [5.41, 5.74) is 2.28. The Hall–Kier alpha value is -2.16. The van der Waals surface area contributed by atoms with Crippen LogP contribution in [0.25, 0.3) is 0 Å². The molecule has 0 radical (unpaired) electrons. The fourth-order valence-electron chi connectivity index (χ4n) is 3.82. The topological polar surface area (TPSA) is 52.6 Å². The van der Waals surface area contributed by atoms with Crippen molar-refractivity contribution >= 4 is 15.9 Å². The molecule has 2 aromatic carbocycles. The molecule has 2 aromatic rings. The fraction of sp³-hybridized carbons (Fsp3) is 0.478. The van der Waals surface area contributed by atoms with Crippen molar-refractivity contribution in [2.24, 2.45) is 0 Å². The molecule has 0 spiro atoms. The van der Waals surface area contributed by atoms with E-state index in [2.05, 4.69) is 25.7 Å². The molecule has 7 nitrogen and oxygen atoms in total. The average molecular weight is 495 g/mol. The number of methoxy groups -OCH3 is 5. The lowest BCUT2D eigenvalue weighted by atomic mass is 10.1. The Balaban J connectivity index is 1.63. The predicted molar refractivity (Wildman–Crippen MR) is 124 cm³/mol. The third-order valence-electron chi connectivity index (χ3n) is 5.59. The molecular formula is C23H31BrN2O5. The van der Waals surface area contributed by atoms with Crippen molar-refractivity contribution in [2.45, 2.75) is 13.1 Å². The molecule has 1 aliphatic rings. The summed E-state index contributed by atoms with van der Waals surface area (Å²) < 4.78 is 28.3. The molecule has 0 unspecified atom stereocenters. The molecule has 8 heteroatoms. The number of rotatable bonds is 9. The van der Waals surface area contributed by atoms with E-state index >= 15 is 0 Å². The molecule has 31 heavy (non-hydrogen) atoms. The molecule has 3 rings (SSSR count). The minimum absolute atomic E-state index is 0.674. The maximum Gasteiger partial charge on any atom is 0.164 e. The summed E-state index contributed by atoms with van der Waals surface area (Å²) in [5, 5.41) is 0. The lowest BCUT2D eigenvalue weighted by Gasteiger charge is -2.35. The molecule has 0 saturated carbocycles. The molecule has 0 aromatic heterocycles. The first-order chi connectivity index (χ1) is 15.0. The Labute approximate surface area is 192 Å². The van der Waals surface area contributed by atoms with E-state index in [4.69, 9.17) is 23.7 Å². The van der Waals surface area contributed by atoms with E-state index in [1.54, 1.807) is 35.5 Å². The highest BCUT2D eigenvalue weighted by Crippen LogP contribution is 2.36. The third kappa shape index (κ3) is 5.56. The molecule has 0 amide bonds. The number of ether oxygens (including phenoxy) is 5. The second kappa shape index (κ2) is 10.9. The number of halogens is 1. The first-order valence-electron chi connectivity index (χ1n) is 10.2. The summed E-state index contributed by atoms with van der Waals surface area (Å²) in [4.78, 5) is 4.89. The van der Waals surface area contributed by atoms with Crippen molar-refractivity contribution in [1.29, 1.82) is 0 Å². The van der Waals surface area contributed by atoms with Crippen LogP contribution in [0.5, 0.6) is 28.7 Å². The van der Waals surface area contributed by atoms with Gasteiger partial charge in [0.2, 0.25) is 0 Å². The van der Waals surface area contributed by atoms with E-state index in [0.29, 0.717) is 5.75 Å². The van der Waals surface area contributed by atoms with Crippen molar-refractivity contribution in [3.63, 3.8) is 0 Å². The van der Waals surface area contributed by atoms with E-state index in [1.807, 2.05) is 24.3 Å². The Morgan fingerprint density at radius 2 is 0.968 bits per heavy atom. The molecule has 0 atom stereocenters. The minimum atomic E-state index is 0.674. The number of piperazine rings is 1. The first kappa shape index (κ1) is 23.5. The quantitative estimate of drug-likeness (QED) is 0.525. The van der Waals surface area contributed by atoms with Gasteiger partial charge in [0.25, 0.3) is 0 Å². The van der Waals surface area contributed by atoms with Crippen molar-refractivity contribution in [2.75, 3.05) is 61.7 Å². The van der Waals surface area contributed by atoms with Gasteiger partial charge in [0.05, 0.1) is 35.5 Å². The van der Waals surface area contributed by atoms with Crippen LogP contribution in [-0.4, -0.2) is 71.5 Å². The molecule has 1 fully saturated rings. The van der Waals surface area contributed by atoms with Crippen LogP contribution in [0, 0.1) is 0 Å². The number of hydrogen-bond acceptors (Lipinski definition) is 7. The molecule has 0 bridgehead atoms. The van der Waals surface area contributed by atoms with Gasteiger partial charge in [-0.05, 0) is 23.8 Å². The maximum atomic E-state index is 5.58. The van der Waals surface area contributed by atoms with Gasteiger partial charge < -0.3 is 23.7 Å². The van der Waals surface area contributed by atoms with Gasteiger partial charge in [0.15, 0.2) is 23.0 Å². The van der Waals surface area contributed by atoms with Crippen molar-refractivity contribution in [1.82, 2.24) is 9.80 Å². The molecule has 1 aliphatic heterocycles. The molecule has 0 N–H and O–H groups in total. The van der Waals surface area contributed by atoms with Crippen LogP contribution >= 0.6 is 15.9 Å². The van der Waals surface area contributed by atoms with Gasteiger partial charge in [-0.3, -0.25) is 9.80 Å². The molecule has 1 heterocycles. The van der Waals surface area contributed by atoms with Crippen LogP contribution in [0.2, 0.25) is 0 Å². The van der Waals surface area contributed by atoms with Gasteiger partial charge in [0.1, 0.15) is 5.75 Å². The van der Waals surface area contributed by atoms with Crippen LogP contribution in [0.15, 0.2) is 28.7 Å². The predicted octanol–water partition coefficient (Wildman–Crippen LogP) is 3.81. The van der Waals surface area contributed by atoms with Crippen LogP contribution in [0.1, 0.15) is 11.1 Å². The summed E-state index contributed by atoms with van der Waals surface area (Å²) in [5.74, 6) is 3.68. The second-order valence-corrected chi connectivity index (χ2v) is 8.22. The largest absolute Gasteiger partial charge is 0.496 e. The average Bonchev–Trinajstić information content (AvgIpc) is 2.80. The zero-order valence-electron chi connectivity index (χ0n) is 18.9. The Kier molecular flexibility index (Phi) is 8.28. The molecule has 1 saturated heterocycles. The number of benzene rings is 2. The van der Waals surface area contributed by atoms with Gasteiger partial charge in [0, 0.05) is 55.4 Å². The Morgan fingerprint density at radius 1 is 0.581 bits per heavy atom. The second-order valence-electron chi connectivity index (χ2n) is 7.37. The van der Waals surface area contributed by atoms with Gasteiger partial charge in [-0.25, -0.2) is 0 Å². The standard InChI is InChI=1S/C23H31BrN2O5/c1-27-19-13-23(31-5)21(29-3)11-17(19)15-26-8-6-25(7-9-26)14-16-10-20(28-2)22(30-4)12-18(16)24/h10-13H,6-9,14-15H2,1-5H3. The molecule has 0 aliphatic carbocycles. The van der Waals surface area contributed by atoms with Gasteiger partial charge in [-0.15, -0.1) is 0 Å². The SMILES string of the molecule is COc1cc(OC)c(OC)cc1CN1CCN(Cc2cc(OC)c(OC)cc2Br)CC1. The highest BCUT2D eigenvalue weighted by atomic mass is 79.9. The summed E-state index contributed by atoms with van der Waals surface area (Å²) in [6, 6.07) is 7.90. The van der Waals surface area contributed by atoms with E-state index in [-0.39, 0.29) is 0 Å².